The van der Waals surface area contributed by atoms with Gasteiger partial charge in [-0.2, -0.15) is 0 Å². The second-order valence-corrected chi connectivity index (χ2v) is 10.00. The molecule has 1 aromatic rings. The van der Waals surface area contributed by atoms with E-state index in [0.717, 1.165) is 0 Å². The predicted octanol–water partition coefficient (Wildman–Crippen LogP) is 3.50. The normalized spacial score (nSPS) is 16.8. The molecular weight excluding hydrogens is 376 g/mol. The van der Waals surface area contributed by atoms with Crippen molar-refractivity contribution < 1.29 is 17.9 Å². The van der Waals surface area contributed by atoms with E-state index in [1.54, 1.807) is 36.2 Å². The minimum Gasteiger partial charge on any atom is -0.444 e. The van der Waals surface area contributed by atoms with Crippen LogP contribution in [0, 0.1) is 0 Å². The Labute approximate surface area is 161 Å². The minimum atomic E-state index is -3.49. The second kappa shape index (κ2) is 8.15. The van der Waals surface area contributed by atoms with Gasteiger partial charge in [-0.3, -0.25) is 0 Å². The average molecular weight is 403 g/mol. The van der Waals surface area contributed by atoms with Gasteiger partial charge in [0.2, 0.25) is 10.0 Å². The van der Waals surface area contributed by atoms with Gasteiger partial charge >= 0.3 is 6.09 Å². The van der Waals surface area contributed by atoms with Crippen LogP contribution < -0.4 is 0 Å². The molecule has 26 heavy (non-hydrogen) atoms. The van der Waals surface area contributed by atoms with Gasteiger partial charge < -0.3 is 9.64 Å². The fourth-order valence-electron chi connectivity index (χ4n) is 2.88. The molecule has 1 amide bonds. The molecule has 0 radical (unpaired) electrons. The number of amides is 1. The maximum Gasteiger partial charge on any atom is 0.410 e. The van der Waals surface area contributed by atoms with Crippen molar-refractivity contribution in [1.29, 1.82) is 0 Å². The van der Waals surface area contributed by atoms with Gasteiger partial charge in [-0.1, -0.05) is 29.8 Å². The van der Waals surface area contributed by atoms with Gasteiger partial charge in [0.25, 0.3) is 0 Å². The monoisotopic (exact) mass is 402 g/mol. The van der Waals surface area contributed by atoms with Gasteiger partial charge in [0.1, 0.15) is 5.60 Å². The van der Waals surface area contributed by atoms with Crippen LogP contribution in [0.5, 0.6) is 0 Å². The summed E-state index contributed by atoms with van der Waals surface area (Å²) in [5.41, 5.74) is 0.0513. The van der Waals surface area contributed by atoms with Gasteiger partial charge in [0.15, 0.2) is 0 Å². The number of ether oxygens (including phenoxy) is 1. The summed E-state index contributed by atoms with van der Waals surface area (Å²) < 4.78 is 32.2. The van der Waals surface area contributed by atoms with Crippen molar-refractivity contribution in [2.75, 3.05) is 20.1 Å². The molecule has 1 aromatic carbocycles. The van der Waals surface area contributed by atoms with Gasteiger partial charge in [-0.05, 0) is 45.2 Å². The molecule has 146 valence electrons. The zero-order valence-corrected chi connectivity index (χ0v) is 17.3. The van der Waals surface area contributed by atoms with Gasteiger partial charge in [0.05, 0.1) is 5.75 Å². The van der Waals surface area contributed by atoms with Gasteiger partial charge in [-0.25, -0.2) is 17.5 Å². The number of hydrogen-bond donors (Lipinski definition) is 0. The van der Waals surface area contributed by atoms with Crippen molar-refractivity contribution in [3.8, 4) is 0 Å². The fourth-order valence-corrected chi connectivity index (χ4v) is 4.67. The standard InChI is InChI=1S/C18H27ClN2O4S/c1-18(2,3)25-17(22)21-11-9-15(10-12-21)20(4)26(23,24)13-14-7-5-6-8-16(14)19/h5-8,15H,9-13H2,1-4H3. The van der Waals surface area contributed by atoms with Crippen molar-refractivity contribution in [3.63, 3.8) is 0 Å². The van der Waals surface area contributed by atoms with Crippen LogP contribution >= 0.6 is 11.6 Å². The Hall–Kier alpha value is -1.31. The molecule has 0 spiro atoms. The highest BCUT2D eigenvalue weighted by Crippen LogP contribution is 2.24. The Morgan fingerprint density at radius 2 is 1.85 bits per heavy atom. The molecule has 0 saturated carbocycles. The van der Waals surface area contributed by atoms with Gasteiger partial charge in [-0.15, -0.1) is 0 Å². The zero-order chi connectivity index (χ0) is 19.5. The first kappa shape index (κ1) is 21.0. The third-order valence-corrected chi connectivity index (χ3v) is 6.59. The molecule has 1 fully saturated rings. The van der Waals surface area contributed by atoms with Crippen LogP contribution in [-0.2, 0) is 20.5 Å². The summed E-state index contributed by atoms with van der Waals surface area (Å²) in [4.78, 5) is 13.8. The van der Waals surface area contributed by atoms with Crippen molar-refractivity contribution in [3.05, 3.63) is 34.9 Å². The molecule has 2 rings (SSSR count). The van der Waals surface area contributed by atoms with Gasteiger partial charge in [0, 0.05) is 31.2 Å². The molecule has 0 aromatic heterocycles. The highest BCUT2D eigenvalue weighted by atomic mass is 35.5. The quantitative estimate of drug-likeness (QED) is 0.772. The van der Waals surface area contributed by atoms with Crippen LogP contribution in [0.2, 0.25) is 5.02 Å². The second-order valence-electron chi connectivity index (χ2n) is 7.56. The molecule has 1 saturated heterocycles. The summed E-state index contributed by atoms with van der Waals surface area (Å²) in [6, 6.07) is 6.82. The molecule has 6 nitrogen and oxygen atoms in total. The van der Waals surface area contributed by atoms with E-state index in [1.165, 1.54) is 4.31 Å². The summed E-state index contributed by atoms with van der Waals surface area (Å²) >= 11 is 6.09. The van der Waals surface area contributed by atoms with Crippen molar-refractivity contribution in [2.45, 2.75) is 51.0 Å². The number of likely N-dealkylation sites (tertiary alicyclic amines) is 1. The fraction of sp³-hybridized carbons (Fsp3) is 0.611. The summed E-state index contributed by atoms with van der Waals surface area (Å²) in [5.74, 6) is -0.130. The summed E-state index contributed by atoms with van der Waals surface area (Å²) in [7, 11) is -1.89. The lowest BCUT2D eigenvalue weighted by atomic mass is 10.1. The van der Waals surface area contributed by atoms with Crippen molar-refractivity contribution >= 4 is 27.7 Å². The van der Waals surface area contributed by atoms with Crippen LogP contribution in [0.1, 0.15) is 39.2 Å². The molecule has 0 unspecified atom stereocenters. The van der Waals surface area contributed by atoms with E-state index in [2.05, 4.69) is 0 Å². The van der Waals surface area contributed by atoms with E-state index >= 15 is 0 Å². The zero-order valence-electron chi connectivity index (χ0n) is 15.7. The van der Waals surface area contributed by atoms with Crippen LogP contribution in [0.3, 0.4) is 0 Å². The number of carbonyl (C=O) groups is 1. The Morgan fingerprint density at radius 3 is 2.38 bits per heavy atom. The first-order valence-corrected chi connectivity index (χ1v) is 10.7. The van der Waals surface area contributed by atoms with E-state index in [9.17, 15) is 13.2 Å². The van der Waals surface area contributed by atoms with E-state index in [1.807, 2.05) is 20.8 Å². The number of nitrogens with zero attached hydrogens (tertiary/aromatic N) is 2. The lowest BCUT2D eigenvalue weighted by Crippen LogP contribution is -2.48. The molecule has 1 aliphatic rings. The first-order chi connectivity index (χ1) is 12.0. The maximum atomic E-state index is 12.7. The van der Waals surface area contributed by atoms with E-state index < -0.39 is 15.6 Å². The highest BCUT2D eigenvalue weighted by Gasteiger charge is 2.32. The van der Waals surface area contributed by atoms with Crippen LogP contribution in [0.25, 0.3) is 0 Å². The number of piperidine rings is 1. The lowest BCUT2D eigenvalue weighted by Gasteiger charge is -2.36. The Kier molecular flexibility index (Phi) is 6.58. The number of halogens is 1. The number of sulfonamides is 1. The first-order valence-electron chi connectivity index (χ1n) is 8.66. The SMILES string of the molecule is CN(C1CCN(C(=O)OC(C)(C)C)CC1)S(=O)(=O)Cc1ccccc1Cl. The van der Waals surface area contributed by atoms with E-state index in [-0.39, 0.29) is 17.9 Å². The lowest BCUT2D eigenvalue weighted by molar-refractivity contribution is 0.0183. The Balaban J connectivity index is 1.96. The summed E-state index contributed by atoms with van der Waals surface area (Å²) in [6.45, 7) is 6.43. The van der Waals surface area contributed by atoms with E-state index in [4.69, 9.17) is 16.3 Å². The van der Waals surface area contributed by atoms with E-state index in [0.29, 0.717) is 36.5 Å². The molecule has 1 aliphatic heterocycles. The molecular formula is C18H27ClN2O4S. The number of hydrogen-bond acceptors (Lipinski definition) is 4. The van der Waals surface area contributed by atoms with Crippen molar-refractivity contribution in [1.82, 2.24) is 9.21 Å². The largest absolute Gasteiger partial charge is 0.444 e. The average Bonchev–Trinajstić information content (AvgIpc) is 2.55. The number of carbonyl (C=O) groups excluding carboxylic acids is 1. The summed E-state index contributed by atoms with van der Waals surface area (Å²) in [6.07, 6.45) is 0.812. The molecule has 0 N–H and O–H groups in total. The van der Waals surface area contributed by atoms with Crippen molar-refractivity contribution in [2.24, 2.45) is 0 Å². The molecule has 0 atom stereocenters. The predicted molar refractivity (Wildman–Crippen MR) is 103 cm³/mol. The molecule has 0 aliphatic carbocycles. The smallest absolute Gasteiger partial charge is 0.410 e. The number of benzene rings is 1. The van der Waals surface area contributed by atoms with Crippen LogP contribution in [0.4, 0.5) is 4.79 Å². The Morgan fingerprint density at radius 1 is 1.27 bits per heavy atom. The Bertz CT molecular complexity index is 738. The molecule has 1 heterocycles. The maximum absolute atomic E-state index is 12.7. The topological polar surface area (TPSA) is 66.9 Å². The molecule has 0 bridgehead atoms. The third kappa shape index (κ3) is 5.59. The van der Waals surface area contributed by atoms with Crippen LogP contribution in [0.15, 0.2) is 24.3 Å². The summed E-state index contributed by atoms with van der Waals surface area (Å²) in [5, 5.41) is 0.448. The number of rotatable bonds is 4. The minimum absolute atomic E-state index is 0.130. The highest BCUT2D eigenvalue weighted by molar-refractivity contribution is 7.88. The molecule has 8 heteroatoms. The third-order valence-electron chi connectivity index (χ3n) is 4.36. The van der Waals surface area contributed by atoms with Crippen LogP contribution in [-0.4, -0.2) is 55.5 Å².